The normalized spacial score (nSPS) is 10.1. The first-order valence-corrected chi connectivity index (χ1v) is 6.10. The third kappa shape index (κ3) is 5.39. The van der Waals surface area contributed by atoms with Gasteiger partial charge in [-0.2, -0.15) is 8.78 Å². The highest BCUT2D eigenvalue weighted by atomic mass is 79.9. The predicted octanol–water partition coefficient (Wildman–Crippen LogP) is 3.41. The fourth-order valence-electron chi connectivity index (χ4n) is 0.827. The van der Waals surface area contributed by atoms with Crippen LogP contribution in [0.3, 0.4) is 0 Å². The van der Waals surface area contributed by atoms with Gasteiger partial charge in [0.25, 0.3) is 0 Å². The number of ether oxygens (including phenoxy) is 2. The molecule has 1 aromatic rings. The van der Waals surface area contributed by atoms with Crippen molar-refractivity contribution in [1.29, 1.82) is 0 Å². The average molecular weight is 326 g/mol. The lowest BCUT2D eigenvalue weighted by atomic mass is 10.4. The van der Waals surface area contributed by atoms with Crippen molar-refractivity contribution in [3.63, 3.8) is 0 Å². The molecule has 0 amide bonds. The number of aromatic nitrogens is 1. The standard InChI is InChI=1S/C9H8BrF2NO3.C2H6/c1-2-15-8(14)9(11,12)16-6-3-4-7(10)13-5-6;1-2/h3-5H,2H2,1H3;1-2H3. The van der Waals surface area contributed by atoms with Crippen molar-refractivity contribution in [2.45, 2.75) is 26.9 Å². The minimum atomic E-state index is -4.01. The van der Waals surface area contributed by atoms with E-state index in [4.69, 9.17) is 0 Å². The number of carbonyl (C=O) groups is 1. The van der Waals surface area contributed by atoms with Crippen LogP contribution >= 0.6 is 15.9 Å². The summed E-state index contributed by atoms with van der Waals surface area (Å²) in [6.45, 7) is 5.28. The maximum Gasteiger partial charge on any atom is 0.502 e. The molecule has 1 rings (SSSR count). The van der Waals surface area contributed by atoms with Crippen molar-refractivity contribution < 1.29 is 23.0 Å². The van der Waals surface area contributed by atoms with Gasteiger partial charge >= 0.3 is 12.1 Å². The van der Waals surface area contributed by atoms with E-state index in [1.54, 1.807) is 0 Å². The van der Waals surface area contributed by atoms with E-state index in [2.05, 4.69) is 30.4 Å². The van der Waals surface area contributed by atoms with Crippen molar-refractivity contribution in [2.75, 3.05) is 6.61 Å². The van der Waals surface area contributed by atoms with Crippen molar-refractivity contribution in [1.82, 2.24) is 4.98 Å². The van der Waals surface area contributed by atoms with Crippen LogP contribution in [0.2, 0.25) is 0 Å². The van der Waals surface area contributed by atoms with Gasteiger partial charge in [-0.05, 0) is 35.0 Å². The van der Waals surface area contributed by atoms with Crippen LogP contribution in [0.5, 0.6) is 5.75 Å². The molecular formula is C11H14BrF2NO3. The van der Waals surface area contributed by atoms with E-state index >= 15 is 0 Å². The first-order chi connectivity index (χ1) is 8.45. The maximum absolute atomic E-state index is 13.1. The van der Waals surface area contributed by atoms with Gasteiger partial charge in [0.1, 0.15) is 10.4 Å². The fraction of sp³-hybridized carbons (Fsp3) is 0.455. The van der Waals surface area contributed by atoms with E-state index in [-0.39, 0.29) is 12.4 Å². The molecule has 0 spiro atoms. The first-order valence-electron chi connectivity index (χ1n) is 5.31. The molecule has 1 aromatic heterocycles. The highest BCUT2D eigenvalue weighted by Gasteiger charge is 2.44. The predicted molar refractivity (Wildman–Crippen MR) is 65.5 cm³/mol. The second-order valence-electron chi connectivity index (χ2n) is 2.66. The lowest BCUT2D eigenvalue weighted by molar-refractivity contribution is -0.216. The molecule has 0 bridgehead atoms. The number of pyridine rings is 1. The third-order valence-electron chi connectivity index (χ3n) is 1.46. The third-order valence-corrected chi connectivity index (χ3v) is 1.93. The molecule has 7 heteroatoms. The second-order valence-corrected chi connectivity index (χ2v) is 3.47. The Hall–Kier alpha value is -1.24. The van der Waals surface area contributed by atoms with Crippen LogP contribution in [-0.2, 0) is 9.53 Å². The van der Waals surface area contributed by atoms with Gasteiger partial charge in [-0.25, -0.2) is 9.78 Å². The summed E-state index contributed by atoms with van der Waals surface area (Å²) >= 11 is 3.03. The molecule has 18 heavy (non-hydrogen) atoms. The Bertz CT molecular complexity index is 371. The molecule has 102 valence electrons. The Kier molecular flexibility index (Phi) is 7.42. The molecule has 1 heterocycles. The average Bonchev–Trinajstić information content (AvgIpc) is 2.35. The fourth-order valence-corrected chi connectivity index (χ4v) is 1.06. The Morgan fingerprint density at radius 2 is 2.06 bits per heavy atom. The largest absolute Gasteiger partial charge is 0.502 e. The molecule has 0 aliphatic rings. The highest BCUT2D eigenvalue weighted by Crippen LogP contribution is 2.23. The molecule has 0 unspecified atom stereocenters. The molecule has 0 aromatic carbocycles. The zero-order valence-electron chi connectivity index (χ0n) is 10.2. The Morgan fingerprint density at radius 3 is 2.50 bits per heavy atom. The number of rotatable bonds is 4. The van der Waals surface area contributed by atoms with Crippen molar-refractivity contribution in [3.05, 3.63) is 22.9 Å². The van der Waals surface area contributed by atoms with Crippen molar-refractivity contribution in [3.8, 4) is 5.75 Å². The first kappa shape index (κ1) is 16.8. The Morgan fingerprint density at radius 1 is 1.44 bits per heavy atom. The number of alkyl halides is 2. The summed E-state index contributed by atoms with van der Waals surface area (Å²) in [5, 5.41) is 0. The van der Waals surface area contributed by atoms with Gasteiger partial charge in [-0.15, -0.1) is 0 Å². The SMILES string of the molecule is CC.CCOC(=O)C(F)(F)Oc1ccc(Br)nc1. The van der Waals surface area contributed by atoms with E-state index in [1.807, 2.05) is 13.8 Å². The number of hydrogen-bond donors (Lipinski definition) is 0. The highest BCUT2D eigenvalue weighted by molar-refractivity contribution is 9.10. The van der Waals surface area contributed by atoms with Gasteiger partial charge in [0, 0.05) is 0 Å². The number of nitrogens with zero attached hydrogens (tertiary/aromatic N) is 1. The molecule has 0 N–H and O–H groups in total. The molecular weight excluding hydrogens is 312 g/mol. The van der Waals surface area contributed by atoms with Gasteiger partial charge in [0.15, 0.2) is 0 Å². The zero-order chi connectivity index (χ0) is 14.2. The molecule has 0 saturated heterocycles. The summed E-state index contributed by atoms with van der Waals surface area (Å²) < 4.78 is 34.9. The van der Waals surface area contributed by atoms with Crippen LogP contribution in [0.15, 0.2) is 22.9 Å². The minimum absolute atomic E-state index is 0.142. The van der Waals surface area contributed by atoms with Gasteiger partial charge in [0.2, 0.25) is 0 Å². The van der Waals surface area contributed by atoms with Crippen molar-refractivity contribution >= 4 is 21.9 Å². The van der Waals surface area contributed by atoms with Crippen LogP contribution in [0, 0.1) is 0 Å². The van der Waals surface area contributed by atoms with Crippen LogP contribution in [-0.4, -0.2) is 23.7 Å². The van der Waals surface area contributed by atoms with Crippen LogP contribution in [0.25, 0.3) is 0 Å². The number of hydrogen-bond acceptors (Lipinski definition) is 4. The molecule has 0 aliphatic heterocycles. The molecule has 0 atom stereocenters. The monoisotopic (exact) mass is 325 g/mol. The lowest BCUT2D eigenvalue weighted by Crippen LogP contribution is -2.36. The van der Waals surface area contributed by atoms with E-state index < -0.39 is 12.1 Å². The molecule has 0 fully saturated rings. The summed E-state index contributed by atoms with van der Waals surface area (Å²) in [6, 6.07) is 2.67. The van der Waals surface area contributed by atoms with Gasteiger partial charge in [0.05, 0.1) is 12.8 Å². The summed E-state index contributed by atoms with van der Waals surface area (Å²) in [5.74, 6) is -1.95. The number of carbonyl (C=O) groups excluding carboxylic acids is 1. The molecule has 0 aliphatic carbocycles. The summed E-state index contributed by atoms with van der Waals surface area (Å²) in [4.78, 5) is 14.5. The lowest BCUT2D eigenvalue weighted by Gasteiger charge is -2.15. The topological polar surface area (TPSA) is 48.4 Å². The zero-order valence-corrected chi connectivity index (χ0v) is 11.8. The Balaban J connectivity index is 0.00000137. The van der Waals surface area contributed by atoms with Crippen molar-refractivity contribution in [2.24, 2.45) is 0 Å². The van der Waals surface area contributed by atoms with E-state index in [0.717, 1.165) is 6.20 Å². The Labute approximate surface area is 112 Å². The van der Waals surface area contributed by atoms with E-state index in [0.29, 0.717) is 4.60 Å². The maximum atomic E-state index is 13.1. The number of esters is 1. The smallest absolute Gasteiger partial charge is 0.459 e. The number of halogens is 3. The summed E-state index contributed by atoms with van der Waals surface area (Å²) in [6.07, 6.45) is -2.94. The molecule has 0 radical (unpaired) electrons. The summed E-state index contributed by atoms with van der Waals surface area (Å²) in [7, 11) is 0. The molecule has 4 nitrogen and oxygen atoms in total. The van der Waals surface area contributed by atoms with Crippen LogP contribution in [0.1, 0.15) is 20.8 Å². The van der Waals surface area contributed by atoms with E-state index in [1.165, 1.54) is 19.1 Å². The second kappa shape index (κ2) is 7.97. The van der Waals surface area contributed by atoms with E-state index in [9.17, 15) is 13.6 Å². The molecule has 0 saturated carbocycles. The van der Waals surface area contributed by atoms with Gasteiger partial charge < -0.3 is 9.47 Å². The van der Waals surface area contributed by atoms with Crippen LogP contribution in [0.4, 0.5) is 8.78 Å². The minimum Gasteiger partial charge on any atom is -0.459 e. The summed E-state index contributed by atoms with van der Waals surface area (Å²) in [5.41, 5.74) is 0. The van der Waals surface area contributed by atoms with Crippen LogP contribution < -0.4 is 4.74 Å². The van der Waals surface area contributed by atoms with Gasteiger partial charge in [-0.3, -0.25) is 0 Å². The van der Waals surface area contributed by atoms with Gasteiger partial charge in [-0.1, -0.05) is 13.8 Å². The quantitative estimate of drug-likeness (QED) is 0.628.